The standard InChI is InChI=1S/C21H29N7O2/c1-15(16-12-17(29)14-18(30)13-16)25-26-19-22-20(27-8-4-2-5-9-27)24-21(23-19)28-10-6-3-7-11-28/h12-14,29-30H,2-11H2,1H3,(H,22,23,24,26)/b25-15-. The first kappa shape index (κ1) is 20.2. The quantitative estimate of drug-likeness (QED) is 0.509. The summed E-state index contributed by atoms with van der Waals surface area (Å²) in [5.41, 5.74) is 4.16. The molecule has 1 aromatic heterocycles. The Labute approximate surface area is 176 Å². The van der Waals surface area contributed by atoms with E-state index in [9.17, 15) is 10.2 Å². The van der Waals surface area contributed by atoms with Crippen molar-refractivity contribution in [3.8, 4) is 11.5 Å². The maximum absolute atomic E-state index is 9.71. The zero-order valence-electron chi connectivity index (χ0n) is 17.4. The number of hydrogen-bond acceptors (Lipinski definition) is 9. The van der Waals surface area contributed by atoms with Crippen LogP contribution < -0.4 is 15.2 Å². The molecule has 2 aromatic rings. The monoisotopic (exact) mass is 411 g/mol. The number of anilines is 3. The first-order chi connectivity index (χ1) is 14.6. The maximum Gasteiger partial charge on any atom is 0.250 e. The van der Waals surface area contributed by atoms with E-state index >= 15 is 0 Å². The highest BCUT2D eigenvalue weighted by Crippen LogP contribution is 2.23. The third kappa shape index (κ3) is 4.90. The van der Waals surface area contributed by atoms with Gasteiger partial charge in [-0.3, -0.25) is 0 Å². The van der Waals surface area contributed by atoms with E-state index in [1.165, 1.54) is 18.9 Å². The lowest BCUT2D eigenvalue weighted by Crippen LogP contribution is -2.34. The number of rotatable bonds is 5. The Kier molecular flexibility index (Phi) is 6.15. The fourth-order valence-corrected chi connectivity index (χ4v) is 3.88. The Balaban J connectivity index is 1.60. The van der Waals surface area contributed by atoms with Crippen LogP contribution in [-0.4, -0.2) is 57.1 Å². The van der Waals surface area contributed by atoms with E-state index in [1.54, 1.807) is 19.1 Å². The van der Waals surface area contributed by atoms with Crippen molar-refractivity contribution in [2.45, 2.75) is 45.4 Å². The minimum absolute atomic E-state index is 0.0144. The first-order valence-electron chi connectivity index (χ1n) is 10.7. The molecule has 3 heterocycles. The van der Waals surface area contributed by atoms with Gasteiger partial charge in [-0.25, -0.2) is 5.43 Å². The molecule has 2 fully saturated rings. The van der Waals surface area contributed by atoms with Gasteiger partial charge >= 0.3 is 0 Å². The molecule has 160 valence electrons. The summed E-state index contributed by atoms with van der Waals surface area (Å²) in [6.07, 6.45) is 7.06. The van der Waals surface area contributed by atoms with Gasteiger partial charge in [0, 0.05) is 37.8 Å². The summed E-state index contributed by atoms with van der Waals surface area (Å²) in [6.45, 7) is 5.60. The van der Waals surface area contributed by atoms with Gasteiger partial charge in [-0.05, 0) is 57.6 Å². The molecule has 9 nitrogen and oxygen atoms in total. The molecule has 0 atom stereocenters. The second-order valence-electron chi connectivity index (χ2n) is 7.90. The van der Waals surface area contributed by atoms with Gasteiger partial charge in [-0.15, -0.1) is 0 Å². The Hall–Kier alpha value is -3.10. The van der Waals surface area contributed by atoms with Crippen molar-refractivity contribution in [3.05, 3.63) is 23.8 Å². The summed E-state index contributed by atoms with van der Waals surface area (Å²) >= 11 is 0. The highest BCUT2D eigenvalue weighted by Gasteiger charge is 2.20. The van der Waals surface area contributed by atoms with Crippen LogP contribution in [0, 0.1) is 0 Å². The first-order valence-corrected chi connectivity index (χ1v) is 10.7. The van der Waals surface area contributed by atoms with Gasteiger partial charge in [0.15, 0.2) is 0 Å². The molecular formula is C21H29N7O2. The molecule has 0 aliphatic carbocycles. The second-order valence-corrected chi connectivity index (χ2v) is 7.90. The zero-order valence-corrected chi connectivity index (χ0v) is 17.4. The molecule has 1 aromatic carbocycles. The van der Waals surface area contributed by atoms with Crippen LogP contribution in [0.2, 0.25) is 0 Å². The smallest absolute Gasteiger partial charge is 0.250 e. The van der Waals surface area contributed by atoms with E-state index in [1.807, 2.05) is 0 Å². The Morgan fingerprint density at radius 1 is 0.800 bits per heavy atom. The van der Waals surface area contributed by atoms with Crippen LogP contribution in [0.15, 0.2) is 23.3 Å². The van der Waals surface area contributed by atoms with E-state index < -0.39 is 0 Å². The van der Waals surface area contributed by atoms with Crippen molar-refractivity contribution in [2.24, 2.45) is 5.10 Å². The summed E-state index contributed by atoms with van der Waals surface area (Å²) < 4.78 is 0. The predicted molar refractivity (Wildman–Crippen MR) is 118 cm³/mol. The Morgan fingerprint density at radius 2 is 1.30 bits per heavy atom. The molecule has 30 heavy (non-hydrogen) atoms. The van der Waals surface area contributed by atoms with Crippen molar-refractivity contribution in [3.63, 3.8) is 0 Å². The molecular weight excluding hydrogens is 382 g/mol. The number of phenolic OH excluding ortho intramolecular Hbond substituents is 2. The van der Waals surface area contributed by atoms with Crippen LogP contribution >= 0.6 is 0 Å². The fraction of sp³-hybridized carbons (Fsp3) is 0.524. The van der Waals surface area contributed by atoms with Crippen LogP contribution in [0.1, 0.15) is 51.0 Å². The summed E-state index contributed by atoms with van der Waals surface area (Å²) in [5.74, 6) is 1.75. The molecule has 0 amide bonds. The van der Waals surface area contributed by atoms with Gasteiger partial charge in [0.1, 0.15) is 11.5 Å². The van der Waals surface area contributed by atoms with Gasteiger partial charge in [-0.1, -0.05) is 0 Å². The predicted octanol–water partition coefficient (Wildman–Crippen LogP) is 3.10. The van der Waals surface area contributed by atoms with E-state index in [0.29, 0.717) is 29.1 Å². The molecule has 2 aliphatic heterocycles. The maximum atomic E-state index is 9.71. The molecule has 0 radical (unpaired) electrons. The largest absolute Gasteiger partial charge is 0.508 e. The highest BCUT2D eigenvalue weighted by atomic mass is 16.3. The molecule has 0 bridgehead atoms. The van der Waals surface area contributed by atoms with Gasteiger partial charge in [-0.2, -0.15) is 20.1 Å². The van der Waals surface area contributed by atoms with Crippen LogP contribution in [0.3, 0.4) is 0 Å². The summed E-state index contributed by atoms with van der Waals surface area (Å²) in [7, 11) is 0. The lowest BCUT2D eigenvalue weighted by Gasteiger charge is -2.30. The number of aromatic hydroxyl groups is 2. The Morgan fingerprint density at radius 3 is 1.80 bits per heavy atom. The number of phenols is 2. The number of hydrogen-bond donors (Lipinski definition) is 3. The number of piperidine rings is 2. The van der Waals surface area contributed by atoms with Crippen LogP contribution in [0.4, 0.5) is 17.8 Å². The van der Waals surface area contributed by atoms with Gasteiger partial charge in [0.05, 0.1) is 5.71 Å². The van der Waals surface area contributed by atoms with Crippen LogP contribution in [-0.2, 0) is 0 Å². The molecule has 3 N–H and O–H groups in total. The van der Waals surface area contributed by atoms with Crippen molar-refractivity contribution >= 4 is 23.6 Å². The average molecular weight is 412 g/mol. The molecule has 2 aliphatic rings. The van der Waals surface area contributed by atoms with Crippen molar-refractivity contribution in [1.82, 2.24) is 15.0 Å². The number of hydrazone groups is 1. The molecule has 4 rings (SSSR count). The molecule has 0 unspecified atom stereocenters. The van der Waals surface area contributed by atoms with Gasteiger partial charge in [0.25, 0.3) is 0 Å². The lowest BCUT2D eigenvalue weighted by molar-refractivity contribution is 0.450. The minimum atomic E-state index is -0.0144. The summed E-state index contributed by atoms with van der Waals surface area (Å²) in [6, 6.07) is 4.38. The normalized spacial score (nSPS) is 17.8. The Bertz CT molecular complexity index is 850. The SMILES string of the molecule is C/C(=N/Nc1nc(N2CCCCC2)nc(N2CCCCC2)n1)c1cc(O)cc(O)c1. The molecule has 0 saturated carbocycles. The van der Waals surface area contributed by atoms with E-state index in [0.717, 1.165) is 51.9 Å². The highest BCUT2D eigenvalue weighted by molar-refractivity contribution is 5.99. The van der Waals surface area contributed by atoms with Crippen LogP contribution in [0.25, 0.3) is 0 Å². The second kappa shape index (κ2) is 9.15. The molecule has 0 spiro atoms. The topological polar surface area (TPSA) is 110 Å². The zero-order chi connectivity index (χ0) is 20.9. The van der Waals surface area contributed by atoms with Crippen molar-refractivity contribution in [1.29, 1.82) is 0 Å². The summed E-state index contributed by atoms with van der Waals surface area (Å²) in [4.78, 5) is 18.4. The third-order valence-electron chi connectivity index (χ3n) is 5.53. The van der Waals surface area contributed by atoms with E-state index in [-0.39, 0.29) is 11.5 Å². The van der Waals surface area contributed by atoms with Gasteiger partial charge < -0.3 is 20.0 Å². The van der Waals surface area contributed by atoms with E-state index in [2.05, 4.69) is 30.3 Å². The lowest BCUT2D eigenvalue weighted by atomic mass is 10.1. The van der Waals surface area contributed by atoms with Gasteiger partial charge in [0.2, 0.25) is 17.8 Å². The molecule has 9 heteroatoms. The number of nitrogens with one attached hydrogen (secondary N) is 1. The number of benzene rings is 1. The summed E-state index contributed by atoms with van der Waals surface area (Å²) in [5, 5.41) is 23.8. The van der Waals surface area contributed by atoms with Crippen LogP contribution in [0.5, 0.6) is 11.5 Å². The fourth-order valence-electron chi connectivity index (χ4n) is 3.88. The third-order valence-corrected chi connectivity index (χ3v) is 5.53. The number of nitrogens with zero attached hydrogens (tertiary/aromatic N) is 6. The molecule has 2 saturated heterocycles. The van der Waals surface area contributed by atoms with E-state index in [4.69, 9.17) is 4.98 Å². The average Bonchev–Trinajstić information content (AvgIpc) is 2.78. The minimum Gasteiger partial charge on any atom is -0.508 e. The van der Waals surface area contributed by atoms with Crippen molar-refractivity contribution < 1.29 is 10.2 Å². The number of aromatic nitrogens is 3. The van der Waals surface area contributed by atoms with Crippen molar-refractivity contribution in [2.75, 3.05) is 41.4 Å².